The van der Waals surface area contributed by atoms with E-state index in [1.165, 1.54) is 10.9 Å². The summed E-state index contributed by atoms with van der Waals surface area (Å²) < 4.78 is 36.1. The number of alkyl halides is 3. The van der Waals surface area contributed by atoms with E-state index < -0.39 is 12.1 Å². The molecule has 0 saturated heterocycles. The number of aromatic nitrogens is 2. The molecule has 0 saturated carbocycles. The van der Waals surface area contributed by atoms with Crippen molar-refractivity contribution in [3.8, 4) is 0 Å². The van der Waals surface area contributed by atoms with Gasteiger partial charge in [-0.1, -0.05) is 32.0 Å². The molecule has 0 aliphatic rings. The third kappa shape index (κ3) is 6.11. The Morgan fingerprint density at radius 1 is 1.12 bits per heavy atom. The quantitative estimate of drug-likeness (QED) is 0.452. The number of carbonyl (C=O) groups excluding carboxylic acids is 1. The maximum Gasteiger partial charge on any atom is 0.490 e. The number of halogens is 3. The smallest absolute Gasteiger partial charge is 0.475 e. The first-order valence-corrected chi connectivity index (χ1v) is 11.3. The highest BCUT2D eigenvalue weighted by Gasteiger charge is 2.38. The van der Waals surface area contributed by atoms with Gasteiger partial charge in [-0.05, 0) is 52.0 Å². The van der Waals surface area contributed by atoms with Crippen LogP contribution in [-0.2, 0) is 11.8 Å². The molecule has 34 heavy (non-hydrogen) atoms. The molecule has 0 radical (unpaired) electrons. The van der Waals surface area contributed by atoms with E-state index in [1.807, 2.05) is 17.7 Å². The molecular formula is C24H33F3N4O3. The number of carbonyl (C=O) groups is 2. The number of aliphatic carboxylic acids is 1. The van der Waals surface area contributed by atoms with Gasteiger partial charge in [-0.3, -0.25) is 4.79 Å². The lowest BCUT2D eigenvalue weighted by Crippen LogP contribution is -2.30. The Kier molecular flexibility index (Phi) is 9.14. The zero-order valence-corrected chi connectivity index (χ0v) is 20.2. The predicted molar refractivity (Wildman–Crippen MR) is 127 cm³/mol. The summed E-state index contributed by atoms with van der Waals surface area (Å²) in [5.41, 5.74) is 4.21. The van der Waals surface area contributed by atoms with Crippen LogP contribution in [-0.4, -0.2) is 63.4 Å². The van der Waals surface area contributed by atoms with E-state index in [-0.39, 0.29) is 5.91 Å². The summed E-state index contributed by atoms with van der Waals surface area (Å²) in [5, 5.41) is 11.4. The number of carboxylic acids is 1. The number of amides is 1. The zero-order valence-electron chi connectivity index (χ0n) is 20.2. The van der Waals surface area contributed by atoms with Gasteiger partial charge in [-0.25, -0.2) is 4.79 Å². The van der Waals surface area contributed by atoms with E-state index in [9.17, 15) is 18.0 Å². The second kappa shape index (κ2) is 11.4. The molecule has 3 rings (SSSR count). The van der Waals surface area contributed by atoms with Crippen molar-refractivity contribution in [1.82, 2.24) is 19.4 Å². The summed E-state index contributed by atoms with van der Waals surface area (Å²) in [6.45, 7) is 12.6. The molecular weight excluding hydrogens is 449 g/mol. The highest BCUT2D eigenvalue weighted by molar-refractivity contribution is 6.10. The molecule has 10 heteroatoms. The molecule has 3 aromatic rings. The largest absolute Gasteiger partial charge is 0.490 e. The van der Waals surface area contributed by atoms with Crippen LogP contribution in [0.15, 0.2) is 30.3 Å². The molecule has 0 spiro atoms. The maximum atomic E-state index is 12.8. The number of nitrogens with one attached hydrogen (secondary N) is 1. The van der Waals surface area contributed by atoms with Crippen molar-refractivity contribution in [2.45, 2.75) is 46.3 Å². The summed E-state index contributed by atoms with van der Waals surface area (Å²) in [5.74, 6) is -2.75. The first kappa shape index (κ1) is 27.2. The van der Waals surface area contributed by atoms with Gasteiger partial charge in [0.1, 0.15) is 5.69 Å². The van der Waals surface area contributed by atoms with Crippen LogP contribution in [0.25, 0.3) is 21.9 Å². The van der Waals surface area contributed by atoms with Crippen molar-refractivity contribution < 1.29 is 27.9 Å². The lowest BCUT2D eigenvalue weighted by Gasteiger charge is -2.17. The number of rotatable bonds is 8. The fourth-order valence-corrected chi connectivity index (χ4v) is 4.01. The molecule has 1 aromatic carbocycles. The first-order valence-electron chi connectivity index (χ1n) is 11.3. The second-order valence-corrected chi connectivity index (χ2v) is 8.24. The second-order valence-electron chi connectivity index (χ2n) is 8.24. The summed E-state index contributed by atoms with van der Waals surface area (Å²) in [6, 6.07) is 10.8. The van der Waals surface area contributed by atoms with Crippen molar-refractivity contribution in [1.29, 1.82) is 0 Å². The zero-order chi connectivity index (χ0) is 25.6. The van der Waals surface area contributed by atoms with Gasteiger partial charge < -0.3 is 24.5 Å². The lowest BCUT2D eigenvalue weighted by atomic mass is 10.2. The lowest BCUT2D eigenvalue weighted by molar-refractivity contribution is -0.192. The van der Waals surface area contributed by atoms with Crippen LogP contribution in [0.2, 0.25) is 0 Å². The first-order chi connectivity index (χ1) is 15.9. The van der Waals surface area contributed by atoms with Gasteiger partial charge in [0.2, 0.25) is 0 Å². The average Bonchev–Trinajstić information content (AvgIpc) is 3.28. The molecule has 2 aromatic heterocycles. The molecule has 0 fully saturated rings. The van der Waals surface area contributed by atoms with Gasteiger partial charge in [0, 0.05) is 25.0 Å². The fraction of sp³-hybridized carbons (Fsp3) is 0.500. The molecule has 2 N–H and O–H groups in total. The SMILES string of the molecule is CCN(CC)CCCNC(=O)c1cc2c(c3ccccc3n2C(C)C)n1C.O=C(O)C(F)(F)F. The number of hydrogen-bond acceptors (Lipinski definition) is 3. The van der Waals surface area contributed by atoms with Gasteiger partial charge >= 0.3 is 12.1 Å². The molecule has 188 valence electrons. The molecule has 7 nitrogen and oxygen atoms in total. The summed E-state index contributed by atoms with van der Waals surface area (Å²) in [4.78, 5) is 24.1. The molecule has 0 aliphatic carbocycles. The number of aryl methyl sites for hydroxylation is 1. The maximum absolute atomic E-state index is 12.8. The van der Waals surface area contributed by atoms with Gasteiger partial charge in [-0.2, -0.15) is 13.2 Å². The van der Waals surface area contributed by atoms with Crippen LogP contribution in [0, 0.1) is 0 Å². The van der Waals surface area contributed by atoms with Gasteiger partial charge in [0.25, 0.3) is 5.91 Å². The van der Waals surface area contributed by atoms with E-state index >= 15 is 0 Å². The molecule has 0 aliphatic heterocycles. The molecule has 2 heterocycles. The van der Waals surface area contributed by atoms with Gasteiger partial charge in [0.15, 0.2) is 0 Å². The Bertz CT molecular complexity index is 1130. The van der Waals surface area contributed by atoms with Gasteiger partial charge in [-0.15, -0.1) is 0 Å². The summed E-state index contributed by atoms with van der Waals surface area (Å²) >= 11 is 0. The van der Waals surface area contributed by atoms with E-state index in [2.05, 4.69) is 66.7 Å². The van der Waals surface area contributed by atoms with Crippen LogP contribution >= 0.6 is 0 Å². The Morgan fingerprint density at radius 3 is 2.24 bits per heavy atom. The van der Waals surface area contributed by atoms with Crippen molar-refractivity contribution in [3.05, 3.63) is 36.0 Å². The summed E-state index contributed by atoms with van der Waals surface area (Å²) in [6.07, 6.45) is -4.11. The van der Waals surface area contributed by atoms with Crippen LogP contribution in [0.1, 0.15) is 50.6 Å². The predicted octanol–water partition coefficient (Wildman–Crippen LogP) is 4.81. The number of fused-ring (bicyclic) bond motifs is 3. The van der Waals surface area contributed by atoms with Crippen molar-refractivity contribution in [3.63, 3.8) is 0 Å². The topological polar surface area (TPSA) is 79.5 Å². The monoisotopic (exact) mass is 482 g/mol. The number of nitrogens with zero attached hydrogens (tertiary/aromatic N) is 3. The van der Waals surface area contributed by atoms with Crippen LogP contribution < -0.4 is 5.32 Å². The van der Waals surface area contributed by atoms with Gasteiger partial charge in [0.05, 0.1) is 16.6 Å². The third-order valence-electron chi connectivity index (χ3n) is 5.71. The van der Waals surface area contributed by atoms with Crippen molar-refractivity contribution in [2.24, 2.45) is 7.05 Å². The number of carboxylic acid groups (broad SMARTS) is 1. The molecule has 1 amide bonds. The number of hydrogen-bond donors (Lipinski definition) is 2. The van der Waals surface area contributed by atoms with E-state index in [0.29, 0.717) is 12.6 Å². The highest BCUT2D eigenvalue weighted by atomic mass is 19.4. The standard InChI is InChI=1S/C22H32N4O.C2HF3O2/c1-6-25(7-2)14-10-13-23-22(27)20-15-19-21(24(20)5)17-11-8-9-12-18(17)26(19)16(3)4;3-2(4,5)1(6)7/h8-9,11-12,15-16H,6-7,10,13-14H2,1-5H3,(H,23,27);(H,6,7). The van der Waals surface area contributed by atoms with Crippen molar-refractivity contribution >= 4 is 33.8 Å². The van der Waals surface area contributed by atoms with E-state index in [4.69, 9.17) is 9.90 Å². The van der Waals surface area contributed by atoms with Crippen molar-refractivity contribution in [2.75, 3.05) is 26.2 Å². The van der Waals surface area contributed by atoms with E-state index in [0.717, 1.165) is 42.8 Å². The Morgan fingerprint density at radius 2 is 1.71 bits per heavy atom. The highest BCUT2D eigenvalue weighted by Crippen LogP contribution is 2.33. The minimum atomic E-state index is -5.08. The Hall–Kier alpha value is -3.01. The average molecular weight is 483 g/mol. The van der Waals surface area contributed by atoms with E-state index in [1.54, 1.807) is 0 Å². The van der Waals surface area contributed by atoms with Crippen LogP contribution in [0.3, 0.4) is 0 Å². The normalized spacial score (nSPS) is 11.8. The fourth-order valence-electron chi connectivity index (χ4n) is 4.01. The van der Waals surface area contributed by atoms with Crippen LogP contribution in [0.5, 0.6) is 0 Å². The Labute approximate surface area is 197 Å². The number of para-hydroxylation sites is 1. The van der Waals surface area contributed by atoms with Crippen LogP contribution in [0.4, 0.5) is 13.2 Å². The summed E-state index contributed by atoms with van der Waals surface area (Å²) in [7, 11) is 1.99. The molecule has 0 unspecified atom stereocenters. The third-order valence-corrected chi connectivity index (χ3v) is 5.71. The molecule has 0 bridgehead atoms. The minimum absolute atomic E-state index is 0.00707. The molecule has 0 atom stereocenters. The Balaban J connectivity index is 0.000000509. The minimum Gasteiger partial charge on any atom is -0.475 e. The number of benzene rings is 1.